The van der Waals surface area contributed by atoms with E-state index in [2.05, 4.69) is 11.9 Å². The maximum atomic E-state index is 10.6. The molecule has 0 amide bonds. The molecule has 0 aliphatic carbocycles. The van der Waals surface area contributed by atoms with Crippen molar-refractivity contribution in [2.75, 3.05) is 25.9 Å². The standard InChI is InChI=1S/C13H20N2O/c1-10-3-4-11(9-12(10)14)13(16)5-7-15(2)8-6-13/h3-4,9,16H,5-8,14H2,1-2H3. The molecule has 16 heavy (non-hydrogen) atoms. The van der Waals surface area contributed by atoms with Gasteiger partial charge in [0.15, 0.2) is 0 Å². The van der Waals surface area contributed by atoms with Gasteiger partial charge in [-0.1, -0.05) is 12.1 Å². The summed E-state index contributed by atoms with van der Waals surface area (Å²) in [6.07, 6.45) is 1.57. The lowest BCUT2D eigenvalue weighted by Gasteiger charge is -2.37. The lowest BCUT2D eigenvalue weighted by molar-refractivity contribution is -0.0202. The Morgan fingerprint density at radius 1 is 1.31 bits per heavy atom. The molecule has 0 bridgehead atoms. The van der Waals surface area contributed by atoms with Gasteiger partial charge in [-0.2, -0.15) is 0 Å². The molecule has 0 radical (unpaired) electrons. The van der Waals surface area contributed by atoms with E-state index in [1.807, 2.05) is 25.1 Å². The number of likely N-dealkylation sites (tertiary alicyclic amines) is 1. The normalized spacial score (nSPS) is 20.9. The molecule has 1 heterocycles. The van der Waals surface area contributed by atoms with Crippen LogP contribution in [0.15, 0.2) is 18.2 Å². The molecular weight excluding hydrogens is 200 g/mol. The number of aryl methyl sites for hydroxylation is 1. The van der Waals surface area contributed by atoms with Crippen LogP contribution in [0.4, 0.5) is 5.69 Å². The number of benzene rings is 1. The topological polar surface area (TPSA) is 49.5 Å². The average molecular weight is 220 g/mol. The number of hydrogen-bond acceptors (Lipinski definition) is 3. The Kier molecular flexibility index (Phi) is 2.91. The van der Waals surface area contributed by atoms with Crippen molar-refractivity contribution in [1.29, 1.82) is 0 Å². The second kappa shape index (κ2) is 4.07. The number of rotatable bonds is 1. The van der Waals surface area contributed by atoms with Crippen LogP contribution in [0.25, 0.3) is 0 Å². The van der Waals surface area contributed by atoms with Crippen LogP contribution in [-0.4, -0.2) is 30.1 Å². The number of hydrogen-bond donors (Lipinski definition) is 2. The van der Waals surface area contributed by atoms with Crippen molar-refractivity contribution in [1.82, 2.24) is 4.90 Å². The predicted octanol–water partition coefficient (Wildman–Crippen LogP) is 1.49. The first-order valence-corrected chi connectivity index (χ1v) is 5.79. The summed E-state index contributed by atoms with van der Waals surface area (Å²) in [7, 11) is 2.09. The summed E-state index contributed by atoms with van der Waals surface area (Å²) in [5.41, 5.74) is 8.01. The van der Waals surface area contributed by atoms with E-state index in [1.54, 1.807) is 0 Å². The van der Waals surface area contributed by atoms with Gasteiger partial charge in [-0.05, 0) is 44.0 Å². The lowest BCUT2D eigenvalue weighted by Crippen LogP contribution is -2.40. The summed E-state index contributed by atoms with van der Waals surface area (Å²) in [5, 5.41) is 10.6. The van der Waals surface area contributed by atoms with E-state index >= 15 is 0 Å². The van der Waals surface area contributed by atoms with Crippen LogP contribution in [0, 0.1) is 6.92 Å². The maximum Gasteiger partial charge on any atom is 0.0921 e. The molecule has 3 nitrogen and oxygen atoms in total. The van der Waals surface area contributed by atoms with E-state index in [-0.39, 0.29) is 0 Å². The van der Waals surface area contributed by atoms with Crippen molar-refractivity contribution in [3.8, 4) is 0 Å². The van der Waals surface area contributed by atoms with Crippen molar-refractivity contribution in [2.45, 2.75) is 25.4 Å². The van der Waals surface area contributed by atoms with E-state index in [0.29, 0.717) is 0 Å². The van der Waals surface area contributed by atoms with Crippen LogP contribution in [0.3, 0.4) is 0 Å². The van der Waals surface area contributed by atoms with Gasteiger partial charge in [-0.3, -0.25) is 0 Å². The van der Waals surface area contributed by atoms with Crippen LogP contribution in [0.2, 0.25) is 0 Å². The van der Waals surface area contributed by atoms with Gasteiger partial charge in [0.05, 0.1) is 5.60 Å². The van der Waals surface area contributed by atoms with E-state index in [0.717, 1.165) is 42.7 Å². The SMILES string of the molecule is Cc1ccc(C2(O)CCN(C)CC2)cc1N. The molecule has 1 saturated heterocycles. The molecule has 1 aliphatic rings. The number of nitrogen functional groups attached to an aromatic ring is 1. The van der Waals surface area contributed by atoms with Gasteiger partial charge in [-0.15, -0.1) is 0 Å². The Labute approximate surface area is 96.9 Å². The van der Waals surface area contributed by atoms with Crippen molar-refractivity contribution in [2.24, 2.45) is 0 Å². The second-order valence-electron chi connectivity index (χ2n) is 4.91. The summed E-state index contributed by atoms with van der Waals surface area (Å²) in [6.45, 7) is 3.85. The van der Waals surface area contributed by atoms with Crippen LogP contribution in [0.5, 0.6) is 0 Å². The Hall–Kier alpha value is -1.06. The zero-order valence-corrected chi connectivity index (χ0v) is 10.0. The Morgan fingerprint density at radius 3 is 2.50 bits per heavy atom. The van der Waals surface area contributed by atoms with Gasteiger partial charge in [0.25, 0.3) is 0 Å². The average Bonchev–Trinajstić information content (AvgIpc) is 2.26. The van der Waals surface area contributed by atoms with Gasteiger partial charge in [0.1, 0.15) is 0 Å². The molecule has 3 N–H and O–H groups in total. The molecule has 1 aromatic rings. The highest BCUT2D eigenvalue weighted by atomic mass is 16.3. The number of nitrogens with zero attached hydrogens (tertiary/aromatic N) is 1. The minimum Gasteiger partial charge on any atom is -0.399 e. The van der Waals surface area contributed by atoms with Gasteiger partial charge in [-0.25, -0.2) is 0 Å². The number of aliphatic hydroxyl groups is 1. The van der Waals surface area contributed by atoms with Crippen molar-refractivity contribution >= 4 is 5.69 Å². The molecule has 0 atom stereocenters. The fraction of sp³-hybridized carbons (Fsp3) is 0.538. The first-order chi connectivity index (χ1) is 7.51. The van der Waals surface area contributed by atoms with Crippen molar-refractivity contribution in [3.05, 3.63) is 29.3 Å². The van der Waals surface area contributed by atoms with E-state index in [1.165, 1.54) is 0 Å². The fourth-order valence-corrected chi connectivity index (χ4v) is 2.21. The van der Waals surface area contributed by atoms with Gasteiger partial charge >= 0.3 is 0 Å². The highest BCUT2D eigenvalue weighted by Crippen LogP contribution is 2.33. The Morgan fingerprint density at radius 2 is 1.94 bits per heavy atom. The monoisotopic (exact) mass is 220 g/mol. The first kappa shape index (κ1) is 11.4. The highest BCUT2D eigenvalue weighted by molar-refractivity contribution is 5.49. The van der Waals surface area contributed by atoms with Gasteiger partial charge < -0.3 is 15.7 Å². The Balaban J connectivity index is 2.25. The molecule has 0 spiro atoms. The predicted molar refractivity (Wildman–Crippen MR) is 66.2 cm³/mol. The van der Waals surface area contributed by atoms with Crippen LogP contribution < -0.4 is 5.73 Å². The molecule has 0 aromatic heterocycles. The minimum atomic E-state index is -0.686. The van der Waals surface area contributed by atoms with Crippen LogP contribution in [0.1, 0.15) is 24.0 Å². The quantitative estimate of drug-likeness (QED) is 0.705. The maximum absolute atomic E-state index is 10.6. The molecule has 1 aliphatic heterocycles. The molecular formula is C13H20N2O. The third-order valence-corrected chi connectivity index (χ3v) is 3.63. The Bertz CT molecular complexity index is 382. The van der Waals surface area contributed by atoms with E-state index in [9.17, 15) is 5.11 Å². The summed E-state index contributed by atoms with van der Waals surface area (Å²) in [5.74, 6) is 0. The molecule has 2 rings (SSSR count). The van der Waals surface area contributed by atoms with Crippen LogP contribution >= 0.6 is 0 Å². The lowest BCUT2D eigenvalue weighted by atomic mass is 9.84. The van der Waals surface area contributed by atoms with E-state index < -0.39 is 5.60 Å². The summed E-state index contributed by atoms with van der Waals surface area (Å²) in [6, 6.07) is 5.90. The van der Waals surface area contributed by atoms with Crippen molar-refractivity contribution < 1.29 is 5.11 Å². The van der Waals surface area contributed by atoms with Gasteiger partial charge in [0.2, 0.25) is 0 Å². The number of nitrogens with two attached hydrogens (primary N) is 1. The third kappa shape index (κ3) is 2.06. The number of piperidine rings is 1. The van der Waals surface area contributed by atoms with E-state index in [4.69, 9.17) is 5.73 Å². The summed E-state index contributed by atoms with van der Waals surface area (Å²) < 4.78 is 0. The van der Waals surface area contributed by atoms with Crippen LogP contribution in [-0.2, 0) is 5.60 Å². The third-order valence-electron chi connectivity index (χ3n) is 3.63. The smallest absolute Gasteiger partial charge is 0.0921 e. The summed E-state index contributed by atoms with van der Waals surface area (Å²) >= 11 is 0. The van der Waals surface area contributed by atoms with Crippen molar-refractivity contribution in [3.63, 3.8) is 0 Å². The molecule has 88 valence electrons. The number of anilines is 1. The largest absolute Gasteiger partial charge is 0.399 e. The second-order valence-corrected chi connectivity index (χ2v) is 4.91. The molecule has 1 aromatic carbocycles. The molecule has 0 saturated carbocycles. The molecule has 3 heteroatoms. The highest BCUT2D eigenvalue weighted by Gasteiger charge is 2.32. The zero-order chi connectivity index (χ0) is 11.8. The molecule has 0 unspecified atom stereocenters. The van der Waals surface area contributed by atoms with Gasteiger partial charge in [0, 0.05) is 18.8 Å². The summed E-state index contributed by atoms with van der Waals surface area (Å²) in [4.78, 5) is 2.24. The zero-order valence-electron chi connectivity index (χ0n) is 10.0. The minimum absolute atomic E-state index is 0.686. The molecule has 1 fully saturated rings. The first-order valence-electron chi connectivity index (χ1n) is 5.79. The fourth-order valence-electron chi connectivity index (χ4n) is 2.21.